The number of nitrogens with zero attached hydrogens (tertiary/aromatic N) is 2. The van der Waals surface area contributed by atoms with E-state index in [0.29, 0.717) is 0 Å². The molecule has 1 aliphatic rings. The average Bonchev–Trinajstić information content (AvgIpc) is 2.29. The Bertz CT molecular complexity index is 324. The minimum atomic E-state index is 0.804. The van der Waals surface area contributed by atoms with Crippen molar-refractivity contribution in [2.24, 2.45) is 5.92 Å². The van der Waals surface area contributed by atoms with Crippen molar-refractivity contribution in [3.63, 3.8) is 0 Å². The summed E-state index contributed by atoms with van der Waals surface area (Å²) >= 11 is 0. The number of nitrogens with two attached hydrogens (primary N) is 1. The van der Waals surface area contributed by atoms with Crippen molar-refractivity contribution < 1.29 is 0 Å². The molecule has 3 nitrogen and oxygen atoms in total. The Kier molecular flexibility index (Phi) is 3.09. The predicted molar refractivity (Wildman–Crippen MR) is 63.9 cm³/mol. The van der Waals surface area contributed by atoms with E-state index >= 15 is 0 Å². The predicted octanol–water partition coefficient (Wildman–Crippen LogP) is 2.29. The van der Waals surface area contributed by atoms with Crippen molar-refractivity contribution in [1.82, 2.24) is 4.98 Å². The lowest BCUT2D eigenvalue weighted by Gasteiger charge is -2.33. The zero-order valence-electron chi connectivity index (χ0n) is 9.32. The molecule has 0 saturated carbocycles. The van der Waals surface area contributed by atoms with Crippen LogP contribution in [0.25, 0.3) is 0 Å². The molecule has 1 unspecified atom stereocenters. The highest BCUT2D eigenvalue weighted by Crippen LogP contribution is 2.24. The van der Waals surface area contributed by atoms with Gasteiger partial charge in [-0.3, -0.25) is 0 Å². The van der Waals surface area contributed by atoms with Gasteiger partial charge in [0.05, 0.1) is 0 Å². The van der Waals surface area contributed by atoms with Crippen LogP contribution in [-0.2, 0) is 0 Å². The Morgan fingerprint density at radius 1 is 1.60 bits per heavy atom. The number of hydrogen-bond acceptors (Lipinski definition) is 3. The molecule has 0 aromatic carbocycles. The quantitative estimate of drug-likeness (QED) is 0.805. The summed E-state index contributed by atoms with van der Waals surface area (Å²) in [6.07, 6.45) is 5.68. The average molecular weight is 205 g/mol. The molecule has 1 aromatic heterocycles. The van der Waals surface area contributed by atoms with Crippen LogP contribution in [0.5, 0.6) is 0 Å². The number of rotatable bonds is 2. The van der Waals surface area contributed by atoms with Gasteiger partial charge in [-0.2, -0.15) is 0 Å². The molecule has 1 aliphatic heterocycles. The molecule has 0 bridgehead atoms. The maximum absolute atomic E-state index is 5.77. The first-order valence-electron chi connectivity index (χ1n) is 5.76. The summed E-state index contributed by atoms with van der Waals surface area (Å²) in [4.78, 5) is 6.73. The van der Waals surface area contributed by atoms with Gasteiger partial charge in [0.1, 0.15) is 5.82 Å². The molecule has 15 heavy (non-hydrogen) atoms. The van der Waals surface area contributed by atoms with Crippen LogP contribution >= 0.6 is 0 Å². The minimum Gasteiger partial charge on any atom is -0.399 e. The van der Waals surface area contributed by atoms with Gasteiger partial charge in [0, 0.05) is 31.0 Å². The van der Waals surface area contributed by atoms with Crippen LogP contribution < -0.4 is 10.6 Å². The molecule has 0 spiro atoms. The van der Waals surface area contributed by atoms with E-state index in [4.69, 9.17) is 5.73 Å². The highest BCUT2D eigenvalue weighted by molar-refractivity contribution is 5.50. The molecule has 2 heterocycles. The maximum atomic E-state index is 5.77. The van der Waals surface area contributed by atoms with E-state index in [-0.39, 0.29) is 0 Å². The summed E-state index contributed by atoms with van der Waals surface area (Å²) in [5, 5.41) is 0. The van der Waals surface area contributed by atoms with E-state index in [9.17, 15) is 0 Å². The molecule has 82 valence electrons. The van der Waals surface area contributed by atoms with Gasteiger partial charge in [0.15, 0.2) is 0 Å². The van der Waals surface area contributed by atoms with E-state index in [0.717, 1.165) is 30.5 Å². The molecule has 1 atom stereocenters. The largest absolute Gasteiger partial charge is 0.399 e. The molecule has 0 aliphatic carbocycles. The summed E-state index contributed by atoms with van der Waals surface area (Å²) in [6.45, 7) is 4.51. The summed E-state index contributed by atoms with van der Waals surface area (Å²) < 4.78 is 0. The zero-order chi connectivity index (χ0) is 10.7. The maximum Gasteiger partial charge on any atom is 0.130 e. The first kappa shape index (κ1) is 10.3. The third kappa shape index (κ3) is 2.41. The van der Waals surface area contributed by atoms with Crippen molar-refractivity contribution in [1.29, 1.82) is 0 Å². The first-order chi connectivity index (χ1) is 7.29. The molecular formula is C12H19N3. The second-order valence-electron chi connectivity index (χ2n) is 4.31. The van der Waals surface area contributed by atoms with E-state index < -0.39 is 0 Å². The second-order valence-corrected chi connectivity index (χ2v) is 4.31. The molecule has 3 heteroatoms. The highest BCUT2D eigenvalue weighted by Gasteiger charge is 2.19. The summed E-state index contributed by atoms with van der Waals surface area (Å²) in [5.41, 5.74) is 6.57. The molecule has 0 radical (unpaired) electrons. The Labute approximate surface area is 91.3 Å². The first-order valence-corrected chi connectivity index (χ1v) is 5.76. The Morgan fingerprint density at radius 2 is 2.47 bits per heavy atom. The number of piperidine rings is 1. The van der Waals surface area contributed by atoms with Gasteiger partial charge in [-0.1, -0.05) is 13.3 Å². The third-order valence-electron chi connectivity index (χ3n) is 3.19. The molecule has 1 fully saturated rings. The third-order valence-corrected chi connectivity index (χ3v) is 3.19. The summed E-state index contributed by atoms with van der Waals surface area (Å²) in [6, 6.07) is 3.81. The fourth-order valence-electron chi connectivity index (χ4n) is 2.21. The monoisotopic (exact) mass is 205 g/mol. The van der Waals surface area contributed by atoms with Gasteiger partial charge in [0.2, 0.25) is 0 Å². The van der Waals surface area contributed by atoms with Gasteiger partial charge in [0.25, 0.3) is 0 Å². The van der Waals surface area contributed by atoms with Gasteiger partial charge >= 0.3 is 0 Å². The fraction of sp³-hybridized carbons (Fsp3) is 0.583. The highest BCUT2D eigenvalue weighted by atomic mass is 15.2. The van der Waals surface area contributed by atoms with E-state index in [2.05, 4.69) is 16.8 Å². The smallest absolute Gasteiger partial charge is 0.130 e. The Morgan fingerprint density at radius 3 is 3.20 bits per heavy atom. The SMILES string of the molecule is CCC1CCCN(c2cc(N)ccn2)C1. The zero-order valence-corrected chi connectivity index (χ0v) is 9.32. The lowest BCUT2D eigenvalue weighted by molar-refractivity contribution is 0.403. The number of anilines is 2. The van der Waals surface area contributed by atoms with Crippen LogP contribution in [0.3, 0.4) is 0 Å². The number of aromatic nitrogens is 1. The molecule has 2 N–H and O–H groups in total. The fourth-order valence-corrected chi connectivity index (χ4v) is 2.21. The van der Waals surface area contributed by atoms with Crippen LogP contribution in [0.2, 0.25) is 0 Å². The van der Waals surface area contributed by atoms with Crippen LogP contribution in [0.4, 0.5) is 11.5 Å². The lowest BCUT2D eigenvalue weighted by atomic mass is 9.96. The summed E-state index contributed by atoms with van der Waals surface area (Å²) in [5.74, 6) is 1.86. The summed E-state index contributed by atoms with van der Waals surface area (Å²) in [7, 11) is 0. The lowest BCUT2D eigenvalue weighted by Crippen LogP contribution is -2.35. The second kappa shape index (κ2) is 4.51. The van der Waals surface area contributed by atoms with E-state index in [1.54, 1.807) is 6.20 Å². The number of nitrogen functional groups attached to an aromatic ring is 1. The number of hydrogen-bond donors (Lipinski definition) is 1. The van der Waals surface area contributed by atoms with Crippen molar-refractivity contribution >= 4 is 11.5 Å². The van der Waals surface area contributed by atoms with Crippen molar-refractivity contribution in [2.75, 3.05) is 23.7 Å². The molecular weight excluding hydrogens is 186 g/mol. The normalized spacial score (nSPS) is 21.7. The Hall–Kier alpha value is -1.25. The number of pyridine rings is 1. The van der Waals surface area contributed by atoms with Gasteiger partial charge in [-0.25, -0.2) is 4.98 Å². The van der Waals surface area contributed by atoms with Crippen LogP contribution in [0, 0.1) is 5.92 Å². The van der Waals surface area contributed by atoms with Gasteiger partial charge in [-0.15, -0.1) is 0 Å². The topological polar surface area (TPSA) is 42.1 Å². The van der Waals surface area contributed by atoms with Gasteiger partial charge < -0.3 is 10.6 Å². The molecule has 0 amide bonds. The van der Waals surface area contributed by atoms with E-state index in [1.807, 2.05) is 12.1 Å². The van der Waals surface area contributed by atoms with Crippen LogP contribution in [-0.4, -0.2) is 18.1 Å². The van der Waals surface area contributed by atoms with Crippen molar-refractivity contribution in [3.05, 3.63) is 18.3 Å². The van der Waals surface area contributed by atoms with Gasteiger partial charge in [-0.05, 0) is 24.8 Å². The van der Waals surface area contributed by atoms with E-state index in [1.165, 1.54) is 19.3 Å². The van der Waals surface area contributed by atoms with Crippen LogP contribution in [0.1, 0.15) is 26.2 Å². The Balaban J connectivity index is 2.09. The van der Waals surface area contributed by atoms with Crippen molar-refractivity contribution in [2.45, 2.75) is 26.2 Å². The van der Waals surface area contributed by atoms with Crippen LogP contribution in [0.15, 0.2) is 18.3 Å². The molecule has 1 saturated heterocycles. The standard InChI is InChI=1S/C12H19N3/c1-2-10-4-3-7-15(9-10)12-8-11(13)5-6-14-12/h5-6,8,10H,2-4,7,9H2,1H3,(H2,13,14). The minimum absolute atomic E-state index is 0.804. The molecule has 2 rings (SSSR count). The van der Waals surface area contributed by atoms with Crippen molar-refractivity contribution in [3.8, 4) is 0 Å². The molecule has 1 aromatic rings.